The predicted octanol–water partition coefficient (Wildman–Crippen LogP) is 5.72. The Kier molecular flexibility index (Phi) is 9.06. The van der Waals surface area contributed by atoms with E-state index in [2.05, 4.69) is 93.1 Å². The zero-order valence-electron chi connectivity index (χ0n) is 19.5. The van der Waals surface area contributed by atoms with Crippen LogP contribution in [0.5, 0.6) is 0 Å². The highest BCUT2D eigenvalue weighted by Crippen LogP contribution is 2.31. The van der Waals surface area contributed by atoms with Crippen LogP contribution >= 0.6 is 0 Å². The molecule has 0 fully saturated rings. The minimum absolute atomic E-state index is 0. The van der Waals surface area contributed by atoms with E-state index in [0.29, 0.717) is 24.2 Å². The number of hydrogen-bond donors (Lipinski definition) is 0. The van der Waals surface area contributed by atoms with Gasteiger partial charge in [-0.25, -0.2) is 0 Å². The summed E-state index contributed by atoms with van der Waals surface area (Å²) in [6.07, 6.45) is 2.30. The molecule has 0 amide bonds. The molecule has 4 atom stereocenters. The summed E-state index contributed by atoms with van der Waals surface area (Å²) in [5.41, 5.74) is 0.460. The number of nitrogens with zero attached hydrogens (tertiary/aromatic N) is 4. The second kappa shape index (κ2) is 9.43. The van der Waals surface area contributed by atoms with Crippen LogP contribution in [0.25, 0.3) is 0 Å². The zero-order chi connectivity index (χ0) is 20.4. The maximum atomic E-state index is 4.74. The Morgan fingerprint density at radius 3 is 1.11 bits per heavy atom. The quantitative estimate of drug-likeness (QED) is 0.624. The minimum atomic E-state index is 0. The van der Waals surface area contributed by atoms with E-state index in [9.17, 15) is 0 Å². The highest BCUT2D eigenvalue weighted by molar-refractivity contribution is 5.89. The minimum Gasteiger partial charge on any atom is -0.358 e. The third-order valence-corrected chi connectivity index (χ3v) is 6.92. The van der Waals surface area contributed by atoms with Gasteiger partial charge in [-0.1, -0.05) is 49.0 Å². The lowest BCUT2D eigenvalue weighted by Gasteiger charge is -2.31. The van der Waals surface area contributed by atoms with Gasteiger partial charge in [-0.2, -0.15) is 0 Å². The Morgan fingerprint density at radius 1 is 0.704 bits per heavy atom. The van der Waals surface area contributed by atoms with Gasteiger partial charge in [0.05, 0.1) is 12.1 Å². The third kappa shape index (κ3) is 5.48. The van der Waals surface area contributed by atoms with Crippen LogP contribution in [0.15, 0.2) is 9.98 Å². The van der Waals surface area contributed by atoms with Crippen LogP contribution in [0.3, 0.4) is 0 Å². The van der Waals surface area contributed by atoms with Crippen molar-refractivity contribution in [2.24, 2.45) is 20.8 Å². The molecule has 2 aliphatic heterocycles. The molecule has 160 valence electrons. The van der Waals surface area contributed by atoms with Crippen molar-refractivity contribution in [3.8, 4) is 0 Å². The largest absolute Gasteiger partial charge is 0.358 e. The molecular formula is C23H48N4. The molecule has 4 heteroatoms. The summed E-state index contributed by atoms with van der Waals surface area (Å²) in [6, 6.07) is 2.01. The Labute approximate surface area is 170 Å². The van der Waals surface area contributed by atoms with E-state index in [0.717, 1.165) is 12.8 Å². The van der Waals surface area contributed by atoms with E-state index in [4.69, 9.17) is 9.98 Å². The first kappa shape index (κ1) is 25.9. The molecule has 0 saturated carbocycles. The van der Waals surface area contributed by atoms with Crippen molar-refractivity contribution in [1.82, 2.24) is 9.80 Å². The van der Waals surface area contributed by atoms with Gasteiger partial charge in [-0.3, -0.25) is 9.98 Å². The number of rotatable bonds is 4. The number of likely N-dealkylation sites (N-methyl/N-ethyl adjacent to an activating group) is 2. The van der Waals surface area contributed by atoms with Gasteiger partial charge in [-0.05, 0) is 40.5 Å². The Hall–Kier alpha value is -1.06. The molecule has 0 bridgehead atoms. The highest BCUT2D eigenvalue weighted by Gasteiger charge is 2.36. The van der Waals surface area contributed by atoms with Gasteiger partial charge in [-0.15, -0.1) is 0 Å². The highest BCUT2D eigenvalue weighted by atomic mass is 15.3. The van der Waals surface area contributed by atoms with E-state index in [1.807, 2.05) is 0 Å². The maximum absolute atomic E-state index is 4.74. The van der Waals surface area contributed by atoms with Crippen LogP contribution in [-0.4, -0.2) is 59.7 Å². The third-order valence-electron chi connectivity index (χ3n) is 6.92. The molecule has 0 N–H and O–H groups in total. The Bertz CT molecular complexity index is 484. The molecule has 27 heavy (non-hydrogen) atoms. The number of aliphatic imine (C=N–C) groups is 2. The van der Waals surface area contributed by atoms with Crippen LogP contribution in [0.4, 0.5) is 0 Å². The molecule has 0 aromatic rings. The van der Waals surface area contributed by atoms with Gasteiger partial charge in [0.1, 0.15) is 11.7 Å². The molecule has 0 radical (unpaired) electrons. The molecular weight excluding hydrogens is 332 g/mol. The topological polar surface area (TPSA) is 31.2 Å². The van der Waals surface area contributed by atoms with Crippen molar-refractivity contribution in [3.63, 3.8) is 0 Å². The van der Waals surface area contributed by atoms with E-state index in [-0.39, 0.29) is 18.3 Å². The summed E-state index contributed by atoms with van der Waals surface area (Å²) in [5.74, 6) is 2.55. The van der Waals surface area contributed by atoms with E-state index in [1.165, 1.54) is 11.7 Å². The SMILES string of the molecule is C.CCC(C)(C)C1=NC(C)C(C)N1C.CCC(C)(C)C1=NC(C)C(C)N1C. The van der Waals surface area contributed by atoms with Crippen LogP contribution in [0, 0.1) is 10.8 Å². The van der Waals surface area contributed by atoms with Gasteiger partial charge in [0.2, 0.25) is 0 Å². The molecule has 4 nitrogen and oxygen atoms in total. The van der Waals surface area contributed by atoms with E-state index < -0.39 is 0 Å². The second-order valence-electron chi connectivity index (χ2n) is 9.56. The van der Waals surface area contributed by atoms with Crippen LogP contribution in [-0.2, 0) is 0 Å². The van der Waals surface area contributed by atoms with Crippen LogP contribution in [0.1, 0.15) is 89.5 Å². The van der Waals surface area contributed by atoms with Gasteiger partial charge in [0.25, 0.3) is 0 Å². The summed E-state index contributed by atoms with van der Waals surface area (Å²) in [7, 11) is 4.31. The van der Waals surface area contributed by atoms with Crippen molar-refractivity contribution >= 4 is 11.7 Å². The average molecular weight is 381 g/mol. The fraction of sp³-hybridized carbons (Fsp3) is 0.913. The summed E-state index contributed by atoms with van der Waals surface area (Å²) < 4.78 is 0. The van der Waals surface area contributed by atoms with Crippen molar-refractivity contribution in [2.45, 2.75) is 114 Å². The summed E-state index contributed by atoms with van der Waals surface area (Å²) in [5, 5.41) is 0. The lowest BCUT2D eigenvalue weighted by atomic mass is 9.88. The molecule has 0 aromatic carbocycles. The maximum Gasteiger partial charge on any atom is 0.105 e. The van der Waals surface area contributed by atoms with E-state index in [1.54, 1.807) is 0 Å². The lowest BCUT2D eigenvalue weighted by molar-refractivity contribution is 0.349. The molecule has 0 aromatic heterocycles. The van der Waals surface area contributed by atoms with E-state index >= 15 is 0 Å². The van der Waals surface area contributed by atoms with Crippen LogP contribution in [0.2, 0.25) is 0 Å². The first-order chi connectivity index (χ1) is 11.8. The monoisotopic (exact) mass is 380 g/mol. The van der Waals surface area contributed by atoms with Gasteiger partial charge < -0.3 is 9.80 Å². The number of amidine groups is 2. The molecule has 4 unspecified atom stereocenters. The molecule has 2 aliphatic rings. The second-order valence-corrected chi connectivity index (χ2v) is 9.56. The standard InChI is InChI=1S/2C11H22N2.CH4/c2*1-7-11(4,5)10-12-8(2)9(3)13(10)6;/h2*8-9H,7H2,1-6H3;1H4. The van der Waals surface area contributed by atoms with Crippen molar-refractivity contribution in [1.29, 1.82) is 0 Å². The molecule has 0 saturated heterocycles. The lowest BCUT2D eigenvalue weighted by Crippen LogP contribution is -2.39. The first-order valence-corrected chi connectivity index (χ1v) is 10.4. The summed E-state index contributed by atoms with van der Waals surface area (Å²) in [6.45, 7) is 22.4. The van der Waals surface area contributed by atoms with Gasteiger partial charge in [0, 0.05) is 37.0 Å². The number of hydrogen-bond acceptors (Lipinski definition) is 4. The Morgan fingerprint density at radius 2 is 0.963 bits per heavy atom. The molecule has 0 aliphatic carbocycles. The summed E-state index contributed by atoms with van der Waals surface area (Å²) >= 11 is 0. The Balaban J connectivity index is 0.000000483. The smallest absolute Gasteiger partial charge is 0.105 e. The normalized spacial score (nSPS) is 28.3. The van der Waals surface area contributed by atoms with Crippen molar-refractivity contribution in [2.75, 3.05) is 14.1 Å². The molecule has 0 spiro atoms. The molecule has 2 rings (SSSR count). The van der Waals surface area contributed by atoms with Crippen molar-refractivity contribution < 1.29 is 0 Å². The first-order valence-electron chi connectivity index (χ1n) is 10.4. The van der Waals surface area contributed by atoms with Gasteiger partial charge >= 0.3 is 0 Å². The summed E-state index contributed by atoms with van der Waals surface area (Å²) in [4.78, 5) is 14.1. The average Bonchev–Trinajstić information content (AvgIpc) is 3.01. The fourth-order valence-electron chi connectivity index (χ4n) is 3.44. The van der Waals surface area contributed by atoms with Gasteiger partial charge in [0.15, 0.2) is 0 Å². The fourth-order valence-corrected chi connectivity index (χ4v) is 3.44. The van der Waals surface area contributed by atoms with Crippen molar-refractivity contribution in [3.05, 3.63) is 0 Å². The van der Waals surface area contributed by atoms with Crippen LogP contribution < -0.4 is 0 Å². The zero-order valence-corrected chi connectivity index (χ0v) is 19.5. The molecule has 2 heterocycles. The predicted molar refractivity (Wildman–Crippen MR) is 123 cm³/mol.